The predicted octanol–water partition coefficient (Wildman–Crippen LogP) is 4.79. The molecule has 1 fully saturated rings. The molecule has 1 unspecified atom stereocenters. The molecule has 0 spiro atoms. The van der Waals surface area contributed by atoms with Crippen LogP contribution in [0.1, 0.15) is 36.8 Å². The highest BCUT2D eigenvalue weighted by Crippen LogP contribution is 2.33. The molecule has 0 aliphatic carbocycles. The Bertz CT molecular complexity index is 967. The van der Waals surface area contributed by atoms with E-state index in [0.29, 0.717) is 24.5 Å². The van der Waals surface area contributed by atoms with Crippen molar-refractivity contribution in [3.63, 3.8) is 0 Å². The minimum atomic E-state index is -0.295. The van der Waals surface area contributed by atoms with Gasteiger partial charge in [0, 0.05) is 24.9 Å². The van der Waals surface area contributed by atoms with Gasteiger partial charge in [-0.3, -0.25) is 4.79 Å². The zero-order valence-corrected chi connectivity index (χ0v) is 16.3. The average molecular weight is 394 g/mol. The lowest BCUT2D eigenvalue weighted by molar-refractivity contribution is -0.132. The topological polar surface area (TPSA) is 55.6 Å². The molecule has 29 heavy (non-hydrogen) atoms. The van der Waals surface area contributed by atoms with Gasteiger partial charge >= 0.3 is 0 Å². The van der Waals surface area contributed by atoms with Gasteiger partial charge in [0.15, 0.2) is 11.7 Å². The van der Waals surface area contributed by atoms with Gasteiger partial charge in [0.1, 0.15) is 11.6 Å². The van der Waals surface area contributed by atoms with Crippen LogP contribution in [0.4, 0.5) is 4.39 Å². The van der Waals surface area contributed by atoms with Crippen LogP contribution < -0.4 is 4.74 Å². The molecule has 6 heteroatoms. The molecule has 150 valence electrons. The van der Waals surface area contributed by atoms with Crippen LogP contribution in [0.25, 0.3) is 11.3 Å². The Labute approximate surface area is 169 Å². The van der Waals surface area contributed by atoms with Crippen molar-refractivity contribution in [1.29, 1.82) is 0 Å². The largest absolute Gasteiger partial charge is 0.497 e. The molecule has 2 heterocycles. The Morgan fingerprint density at radius 3 is 2.69 bits per heavy atom. The SMILES string of the molecule is COc1ccc(C2CCCN2C(=O)CCc2ncc(-c3ccc(F)cc3)o2)cc1. The quantitative estimate of drug-likeness (QED) is 0.603. The van der Waals surface area contributed by atoms with Crippen LogP contribution in [0.3, 0.4) is 0 Å². The highest BCUT2D eigenvalue weighted by molar-refractivity contribution is 5.77. The van der Waals surface area contributed by atoms with Gasteiger partial charge in [0.25, 0.3) is 0 Å². The van der Waals surface area contributed by atoms with Crippen LogP contribution >= 0.6 is 0 Å². The second kappa shape index (κ2) is 8.47. The Kier molecular flexibility index (Phi) is 5.60. The number of amides is 1. The van der Waals surface area contributed by atoms with E-state index in [1.807, 2.05) is 29.2 Å². The molecule has 0 saturated carbocycles. The normalized spacial score (nSPS) is 16.2. The Balaban J connectivity index is 1.38. The first kappa shape index (κ1) is 19.2. The van der Waals surface area contributed by atoms with E-state index in [9.17, 15) is 9.18 Å². The number of nitrogens with zero attached hydrogens (tertiary/aromatic N) is 2. The molecule has 1 amide bonds. The zero-order chi connectivity index (χ0) is 20.2. The van der Waals surface area contributed by atoms with Gasteiger partial charge in [-0.2, -0.15) is 0 Å². The van der Waals surface area contributed by atoms with Crippen molar-refractivity contribution in [2.45, 2.75) is 31.7 Å². The maximum absolute atomic E-state index is 13.1. The molecule has 1 aliphatic heterocycles. The zero-order valence-electron chi connectivity index (χ0n) is 16.3. The molecular formula is C23H23FN2O3. The third kappa shape index (κ3) is 4.31. The summed E-state index contributed by atoms with van der Waals surface area (Å²) in [5.41, 5.74) is 1.89. The van der Waals surface area contributed by atoms with Gasteiger partial charge < -0.3 is 14.1 Å². The number of carbonyl (C=O) groups is 1. The van der Waals surface area contributed by atoms with Crippen LogP contribution in [-0.4, -0.2) is 29.4 Å². The monoisotopic (exact) mass is 394 g/mol. The summed E-state index contributed by atoms with van der Waals surface area (Å²) in [5.74, 6) is 1.70. The number of methoxy groups -OCH3 is 1. The summed E-state index contributed by atoms with van der Waals surface area (Å²) in [7, 11) is 1.64. The highest BCUT2D eigenvalue weighted by atomic mass is 19.1. The Morgan fingerprint density at radius 1 is 1.21 bits per heavy atom. The van der Waals surface area contributed by atoms with Gasteiger partial charge in [-0.15, -0.1) is 0 Å². The summed E-state index contributed by atoms with van der Waals surface area (Å²) in [6.07, 6.45) is 4.35. The van der Waals surface area contributed by atoms with E-state index in [1.165, 1.54) is 12.1 Å². The number of rotatable bonds is 6. The van der Waals surface area contributed by atoms with Crippen molar-refractivity contribution >= 4 is 5.91 Å². The van der Waals surface area contributed by atoms with Gasteiger partial charge in [0.2, 0.25) is 5.91 Å². The maximum atomic E-state index is 13.1. The van der Waals surface area contributed by atoms with E-state index in [0.717, 1.165) is 36.3 Å². The minimum absolute atomic E-state index is 0.102. The first-order valence-electron chi connectivity index (χ1n) is 9.78. The lowest BCUT2D eigenvalue weighted by atomic mass is 10.0. The highest BCUT2D eigenvalue weighted by Gasteiger charge is 2.29. The molecule has 0 N–H and O–H groups in total. The first-order valence-corrected chi connectivity index (χ1v) is 9.78. The summed E-state index contributed by atoms with van der Waals surface area (Å²) in [6.45, 7) is 0.766. The molecule has 1 aliphatic rings. The summed E-state index contributed by atoms with van der Waals surface area (Å²) < 4.78 is 24.0. The average Bonchev–Trinajstić information content (AvgIpc) is 3.42. The summed E-state index contributed by atoms with van der Waals surface area (Å²) in [6, 6.07) is 14.1. The number of benzene rings is 2. The molecule has 1 saturated heterocycles. The van der Waals surface area contributed by atoms with E-state index >= 15 is 0 Å². The molecule has 1 aromatic heterocycles. The number of halogens is 1. The summed E-state index contributed by atoms with van der Waals surface area (Å²) >= 11 is 0. The molecule has 1 atom stereocenters. The van der Waals surface area contributed by atoms with E-state index in [1.54, 1.807) is 25.4 Å². The van der Waals surface area contributed by atoms with Crippen molar-refractivity contribution in [2.24, 2.45) is 0 Å². The van der Waals surface area contributed by atoms with Gasteiger partial charge in [0.05, 0.1) is 19.3 Å². The maximum Gasteiger partial charge on any atom is 0.223 e. The van der Waals surface area contributed by atoms with Gasteiger partial charge in [-0.1, -0.05) is 12.1 Å². The standard InChI is InChI=1S/C23H23FN2O3/c1-28-19-10-6-16(7-11-19)20-3-2-14-26(20)23(27)13-12-22-25-15-21(29-22)17-4-8-18(24)9-5-17/h4-11,15,20H,2-3,12-14H2,1H3. The lowest BCUT2D eigenvalue weighted by Crippen LogP contribution is -2.30. The smallest absolute Gasteiger partial charge is 0.223 e. The van der Waals surface area contributed by atoms with Crippen LogP contribution in [0.2, 0.25) is 0 Å². The second-order valence-electron chi connectivity index (χ2n) is 7.14. The fourth-order valence-corrected chi connectivity index (χ4v) is 3.77. The number of likely N-dealkylation sites (tertiary alicyclic amines) is 1. The van der Waals surface area contributed by atoms with Crippen LogP contribution in [0.15, 0.2) is 59.1 Å². The molecule has 0 bridgehead atoms. The molecule has 0 radical (unpaired) electrons. The molecular weight excluding hydrogens is 371 g/mol. The molecule has 4 rings (SSSR count). The Morgan fingerprint density at radius 2 is 1.97 bits per heavy atom. The van der Waals surface area contributed by atoms with Crippen molar-refractivity contribution in [2.75, 3.05) is 13.7 Å². The number of hydrogen-bond acceptors (Lipinski definition) is 4. The first-order chi connectivity index (χ1) is 14.1. The number of oxazole rings is 1. The third-order valence-electron chi connectivity index (χ3n) is 5.31. The Hall–Kier alpha value is -3.15. The third-order valence-corrected chi connectivity index (χ3v) is 5.31. The molecule has 3 aromatic rings. The van der Waals surface area contributed by atoms with Crippen molar-refractivity contribution in [3.05, 3.63) is 72.0 Å². The number of carbonyl (C=O) groups excluding carboxylic acids is 1. The predicted molar refractivity (Wildman–Crippen MR) is 107 cm³/mol. The molecule has 2 aromatic carbocycles. The van der Waals surface area contributed by atoms with E-state index in [-0.39, 0.29) is 17.8 Å². The van der Waals surface area contributed by atoms with Gasteiger partial charge in [-0.25, -0.2) is 9.37 Å². The fraction of sp³-hybridized carbons (Fsp3) is 0.304. The van der Waals surface area contributed by atoms with E-state index in [4.69, 9.17) is 9.15 Å². The summed E-state index contributed by atoms with van der Waals surface area (Å²) in [5, 5.41) is 0. The minimum Gasteiger partial charge on any atom is -0.497 e. The number of hydrogen-bond donors (Lipinski definition) is 0. The van der Waals surface area contributed by atoms with Crippen LogP contribution in [0, 0.1) is 5.82 Å². The van der Waals surface area contributed by atoms with Crippen LogP contribution in [-0.2, 0) is 11.2 Å². The van der Waals surface area contributed by atoms with Crippen molar-refractivity contribution in [1.82, 2.24) is 9.88 Å². The lowest BCUT2D eigenvalue weighted by Gasteiger charge is -2.25. The molecule has 5 nitrogen and oxygen atoms in total. The van der Waals surface area contributed by atoms with E-state index < -0.39 is 0 Å². The second-order valence-corrected chi connectivity index (χ2v) is 7.14. The van der Waals surface area contributed by atoms with Gasteiger partial charge in [-0.05, 0) is 54.8 Å². The summed E-state index contributed by atoms with van der Waals surface area (Å²) in [4.78, 5) is 19.0. The fourth-order valence-electron chi connectivity index (χ4n) is 3.77. The number of aromatic nitrogens is 1. The van der Waals surface area contributed by atoms with Crippen LogP contribution in [0.5, 0.6) is 5.75 Å². The van der Waals surface area contributed by atoms with Crippen molar-refractivity contribution < 1.29 is 18.3 Å². The number of ether oxygens (including phenoxy) is 1. The van der Waals surface area contributed by atoms with Crippen molar-refractivity contribution in [3.8, 4) is 17.1 Å². The number of aryl methyl sites for hydroxylation is 1. The van der Waals surface area contributed by atoms with E-state index in [2.05, 4.69) is 4.98 Å².